The van der Waals surface area contributed by atoms with Gasteiger partial charge in [-0.2, -0.15) is 13.2 Å². The molecule has 138 valence electrons. The highest BCUT2D eigenvalue weighted by Crippen LogP contribution is 2.36. The summed E-state index contributed by atoms with van der Waals surface area (Å²) < 4.78 is 39.4. The van der Waals surface area contributed by atoms with Gasteiger partial charge in [-0.25, -0.2) is 4.98 Å². The summed E-state index contributed by atoms with van der Waals surface area (Å²) in [5.41, 5.74) is -0.0215. The zero-order chi connectivity index (χ0) is 18.6. The third-order valence-corrected chi connectivity index (χ3v) is 4.31. The topological polar surface area (TPSA) is 58.1 Å². The van der Waals surface area contributed by atoms with Crippen LogP contribution >= 0.6 is 0 Å². The van der Waals surface area contributed by atoms with Gasteiger partial charge in [-0.15, -0.1) is 0 Å². The Morgan fingerprint density at radius 3 is 2.42 bits per heavy atom. The van der Waals surface area contributed by atoms with Gasteiger partial charge in [0, 0.05) is 25.5 Å². The number of hydrogen-bond acceptors (Lipinski definition) is 4. The van der Waals surface area contributed by atoms with Crippen molar-refractivity contribution >= 4 is 17.3 Å². The zero-order valence-electron chi connectivity index (χ0n) is 14.1. The summed E-state index contributed by atoms with van der Waals surface area (Å²) in [7, 11) is 0. The first-order chi connectivity index (χ1) is 12.4. The van der Waals surface area contributed by atoms with Crippen LogP contribution in [0.5, 0.6) is 0 Å². The minimum Gasteiger partial charge on any atom is -0.370 e. The first-order valence-electron chi connectivity index (χ1n) is 8.49. The highest BCUT2D eigenvalue weighted by atomic mass is 19.4. The Morgan fingerprint density at radius 1 is 1.08 bits per heavy atom. The molecular weight excluding hydrogens is 345 g/mol. The van der Waals surface area contributed by atoms with Crippen LogP contribution in [-0.2, 0) is 6.18 Å². The van der Waals surface area contributed by atoms with E-state index in [4.69, 9.17) is 0 Å². The van der Waals surface area contributed by atoms with Crippen molar-refractivity contribution in [2.24, 2.45) is 0 Å². The van der Waals surface area contributed by atoms with Crippen LogP contribution in [0, 0.1) is 0 Å². The van der Waals surface area contributed by atoms with Crippen LogP contribution in [0.3, 0.4) is 0 Å². The molecule has 0 atom stereocenters. The molecule has 1 saturated heterocycles. The number of rotatable bonds is 3. The minimum absolute atomic E-state index is 0.0479. The molecule has 1 N–H and O–H groups in total. The van der Waals surface area contributed by atoms with Crippen molar-refractivity contribution in [1.29, 1.82) is 0 Å². The number of anilines is 2. The highest BCUT2D eigenvalue weighted by Gasteiger charge is 2.32. The number of aromatic nitrogens is 2. The van der Waals surface area contributed by atoms with Crippen LogP contribution in [0.1, 0.15) is 41.7 Å². The lowest BCUT2D eigenvalue weighted by Gasteiger charge is -2.26. The predicted molar refractivity (Wildman–Crippen MR) is 92.1 cm³/mol. The SMILES string of the molecule is O=C(Nc1cc(C(F)(F)F)ccc1N1CCCCCC1)c1cnccn1. The molecule has 3 rings (SSSR count). The summed E-state index contributed by atoms with van der Waals surface area (Å²) in [6.45, 7) is 1.50. The van der Waals surface area contributed by atoms with E-state index in [1.807, 2.05) is 4.90 Å². The summed E-state index contributed by atoms with van der Waals surface area (Å²) in [4.78, 5) is 22.1. The van der Waals surface area contributed by atoms with Crippen molar-refractivity contribution in [2.75, 3.05) is 23.3 Å². The number of nitrogens with one attached hydrogen (secondary N) is 1. The van der Waals surface area contributed by atoms with Gasteiger partial charge in [0.1, 0.15) is 5.69 Å². The van der Waals surface area contributed by atoms with E-state index in [9.17, 15) is 18.0 Å². The fourth-order valence-electron chi connectivity index (χ4n) is 3.00. The molecule has 8 heteroatoms. The molecular formula is C18H19F3N4O. The molecule has 0 unspecified atom stereocenters. The van der Waals surface area contributed by atoms with Crippen LogP contribution in [0.2, 0.25) is 0 Å². The lowest BCUT2D eigenvalue weighted by Crippen LogP contribution is -2.26. The molecule has 0 spiro atoms. The molecule has 1 aliphatic heterocycles. The van der Waals surface area contributed by atoms with Gasteiger partial charge in [0.25, 0.3) is 5.91 Å². The Kier molecular flexibility index (Phi) is 5.39. The molecule has 2 heterocycles. The van der Waals surface area contributed by atoms with Gasteiger partial charge in [-0.1, -0.05) is 12.8 Å². The van der Waals surface area contributed by atoms with E-state index in [-0.39, 0.29) is 11.4 Å². The second-order valence-corrected chi connectivity index (χ2v) is 6.18. The smallest absolute Gasteiger partial charge is 0.370 e. The van der Waals surface area contributed by atoms with Gasteiger partial charge in [0.15, 0.2) is 0 Å². The molecule has 26 heavy (non-hydrogen) atoms. The van der Waals surface area contributed by atoms with Crippen LogP contribution in [0.4, 0.5) is 24.5 Å². The standard InChI is InChI=1S/C18H19F3N4O/c19-18(20,21)13-5-6-16(25-9-3-1-2-4-10-25)14(11-13)24-17(26)15-12-22-7-8-23-15/h5-8,11-12H,1-4,9-10H2,(H,24,26). The Hall–Kier alpha value is -2.64. The lowest BCUT2D eigenvalue weighted by atomic mass is 10.1. The molecule has 0 aliphatic carbocycles. The van der Waals surface area contributed by atoms with Crippen LogP contribution < -0.4 is 10.2 Å². The van der Waals surface area contributed by atoms with E-state index in [1.165, 1.54) is 24.7 Å². The van der Waals surface area contributed by atoms with Gasteiger partial charge in [0.2, 0.25) is 0 Å². The summed E-state index contributed by atoms with van der Waals surface area (Å²) in [6.07, 6.45) is 3.70. The fraction of sp³-hybridized carbons (Fsp3) is 0.389. The fourth-order valence-corrected chi connectivity index (χ4v) is 3.00. The number of carbonyl (C=O) groups excluding carboxylic acids is 1. The predicted octanol–water partition coefficient (Wildman–Crippen LogP) is 4.13. The average molecular weight is 364 g/mol. The van der Waals surface area contributed by atoms with Crippen molar-refractivity contribution < 1.29 is 18.0 Å². The normalized spacial score (nSPS) is 15.4. The number of alkyl halides is 3. The molecule has 2 aromatic rings. The van der Waals surface area contributed by atoms with Crippen molar-refractivity contribution in [1.82, 2.24) is 9.97 Å². The highest BCUT2D eigenvalue weighted by molar-refractivity contribution is 6.04. The molecule has 0 bridgehead atoms. The van der Waals surface area contributed by atoms with Crippen LogP contribution in [0.25, 0.3) is 0 Å². The lowest BCUT2D eigenvalue weighted by molar-refractivity contribution is -0.137. The Morgan fingerprint density at radius 2 is 1.81 bits per heavy atom. The van der Waals surface area contributed by atoms with Gasteiger partial charge in [-0.05, 0) is 31.0 Å². The summed E-state index contributed by atoms with van der Waals surface area (Å²) in [5.74, 6) is -0.589. The molecule has 1 aromatic heterocycles. The monoisotopic (exact) mass is 364 g/mol. The van der Waals surface area contributed by atoms with Crippen LogP contribution in [0.15, 0.2) is 36.8 Å². The maximum absolute atomic E-state index is 13.1. The molecule has 1 aromatic carbocycles. The van der Waals surface area contributed by atoms with E-state index in [0.717, 1.165) is 50.9 Å². The number of amides is 1. The largest absolute Gasteiger partial charge is 0.416 e. The summed E-state index contributed by atoms with van der Waals surface area (Å²) in [6, 6.07) is 3.47. The van der Waals surface area contributed by atoms with E-state index in [2.05, 4.69) is 15.3 Å². The third-order valence-electron chi connectivity index (χ3n) is 4.31. The summed E-state index contributed by atoms with van der Waals surface area (Å²) in [5, 5.41) is 2.57. The first kappa shape index (κ1) is 18.2. The quantitative estimate of drug-likeness (QED) is 0.890. The second-order valence-electron chi connectivity index (χ2n) is 6.18. The van der Waals surface area contributed by atoms with Crippen molar-refractivity contribution in [3.63, 3.8) is 0 Å². The Labute approximate surface area is 149 Å². The zero-order valence-corrected chi connectivity index (χ0v) is 14.1. The van der Waals surface area contributed by atoms with Crippen molar-refractivity contribution in [2.45, 2.75) is 31.9 Å². The van der Waals surface area contributed by atoms with E-state index in [0.29, 0.717) is 5.69 Å². The molecule has 0 radical (unpaired) electrons. The van der Waals surface area contributed by atoms with E-state index < -0.39 is 17.6 Å². The van der Waals surface area contributed by atoms with E-state index in [1.54, 1.807) is 0 Å². The number of nitrogens with zero attached hydrogens (tertiary/aromatic N) is 3. The Bertz CT molecular complexity index is 757. The maximum Gasteiger partial charge on any atom is 0.416 e. The van der Waals surface area contributed by atoms with E-state index >= 15 is 0 Å². The van der Waals surface area contributed by atoms with Gasteiger partial charge in [0.05, 0.1) is 23.1 Å². The van der Waals surface area contributed by atoms with Gasteiger partial charge >= 0.3 is 6.18 Å². The number of halogens is 3. The second kappa shape index (κ2) is 7.72. The molecule has 1 fully saturated rings. The minimum atomic E-state index is -4.48. The Balaban J connectivity index is 1.94. The molecule has 1 amide bonds. The number of hydrogen-bond donors (Lipinski definition) is 1. The van der Waals surface area contributed by atoms with Gasteiger partial charge < -0.3 is 10.2 Å². The van der Waals surface area contributed by atoms with Crippen molar-refractivity contribution in [3.05, 3.63) is 48.0 Å². The third kappa shape index (κ3) is 4.30. The van der Waals surface area contributed by atoms with Crippen molar-refractivity contribution in [3.8, 4) is 0 Å². The average Bonchev–Trinajstić information content (AvgIpc) is 2.91. The number of benzene rings is 1. The first-order valence-corrected chi connectivity index (χ1v) is 8.49. The van der Waals surface area contributed by atoms with Crippen LogP contribution in [-0.4, -0.2) is 29.0 Å². The maximum atomic E-state index is 13.1. The molecule has 0 saturated carbocycles. The summed E-state index contributed by atoms with van der Waals surface area (Å²) >= 11 is 0. The molecule has 1 aliphatic rings. The molecule has 5 nitrogen and oxygen atoms in total. The number of carbonyl (C=O) groups is 1. The van der Waals surface area contributed by atoms with Gasteiger partial charge in [-0.3, -0.25) is 9.78 Å².